The molecule has 0 fully saturated rings. The van der Waals surface area contributed by atoms with Crippen molar-refractivity contribution in [3.63, 3.8) is 0 Å². The lowest BCUT2D eigenvalue weighted by atomic mass is 10.2. The zero-order chi connectivity index (χ0) is 8.53. The Kier molecular flexibility index (Phi) is 8.45. The van der Waals surface area contributed by atoms with E-state index in [0.717, 1.165) is 12.8 Å². The second kappa shape index (κ2) is 8.30. The van der Waals surface area contributed by atoms with Gasteiger partial charge in [-0.2, -0.15) is 11.8 Å². The lowest BCUT2D eigenvalue weighted by molar-refractivity contribution is 0.234. The minimum Gasteiger partial charge on any atom is -0.291 e. The van der Waals surface area contributed by atoms with Gasteiger partial charge in [0.2, 0.25) is 0 Å². The molecule has 0 aromatic rings. The van der Waals surface area contributed by atoms with E-state index in [1.54, 1.807) is 0 Å². The fourth-order valence-corrected chi connectivity index (χ4v) is 1.40. The molecule has 0 aliphatic carbocycles. The molecule has 0 aromatic carbocycles. The lowest BCUT2D eigenvalue weighted by Gasteiger charge is -2.00. The highest BCUT2D eigenvalue weighted by Gasteiger charge is 1.93. The molecule has 0 saturated carbocycles. The van der Waals surface area contributed by atoms with Gasteiger partial charge in [-0.1, -0.05) is 18.6 Å². The topological polar surface area (TPSA) is 32.3 Å². The first kappa shape index (κ1) is 11.2. The second-order valence-corrected chi connectivity index (χ2v) is 3.82. The molecule has 0 atom stereocenters. The van der Waals surface area contributed by atoms with Crippen LogP contribution in [-0.2, 0) is 0 Å². The van der Waals surface area contributed by atoms with Gasteiger partial charge in [0.1, 0.15) is 4.99 Å². The predicted octanol–water partition coefficient (Wildman–Crippen LogP) is 2.22. The SMILES string of the molecule is CSCCCCCC(=S)NO. The van der Waals surface area contributed by atoms with E-state index in [-0.39, 0.29) is 0 Å². The van der Waals surface area contributed by atoms with Gasteiger partial charge in [0.15, 0.2) is 0 Å². The molecule has 0 aliphatic heterocycles. The van der Waals surface area contributed by atoms with E-state index in [9.17, 15) is 0 Å². The maximum Gasteiger partial charge on any atom is 0.100 e. The van der Waals surface area contributed by atoms with Crippen LogP contribution in [0.4, 0.5) is 0 Å². The summed E-state index contributed by atoms with van der Waals surface area (Å²) in [6, 6.07) is 0. The average molecular weight is 193 g/mol. The molecule has 2 nitrogen and oxygen atoms in total. The molecule has 0 bridgehead atoms. The summed E-state index contributed by atoms with van der Waals surface area (Å²) in [5.41, 5.74) is 1.98. The van der Waals surface area contributed by atoms with Crippen molar-refractivity contribution in [2.24, 2.45) is 0 Å². The number of thiocarbonyl (C=S) groups is 1. The van der Waals surface area contributed by atoms with E-state index in [0.29, 0.717) is 4.99 Å². The second-order valence-electron chi connectivity index (χ2n) is 2.34. The Bertz CT molecular complexity index is 109. The summed E-state index contributed by atoms with van der Waals surface area (Å²) in [5.74, 6) is 1.22. The quantitative estimate of drug-likeness (QED) is 0.385. The van der Waals surface area contributed by atoms with Gasteiger partial charge in [0, 0.05) is 0 Å². The molecule has 0 saturated heterocycles. The van der Waals surface area contributed by atoms with Crippen molar-refractivity contribution >= 4 is 29.0 Å². The molecule has 66 valence electrons. The van der Waals surface area contributed by atoms with Crippen LogP contribution in [0.1, 0.15) is 25.7 Å². The van der Waals surface area contributed by atoms with E-state index >= 15 is 0 Å². The number of unbranched alkanes of at least 4 members (excludes halogenated alkanes) is 2. The Balaban J connectivity index is 2.95. The fourth-order valence-electron chi connectivity index (χ4n) is 0.765. The van der Waals surface area contributed by atoms with Crippen molar-refractivity contribution in [2.75, 3.05) is 12.0 Å². The number of rotatable bonds is 6. The van der Waals surface area contributed by atoms with Gasteiger partial charge in [-0.05, 0) is 31.3 Å². The van der Waals surface area contributed by atoms with E-state index in [2.05, 4.69) is 6.26 Å². The summed E-state index contributed by atoms with van der Waals surface area (Å²) >= 11 is 6.64. The fraction of sp³-hybridized carbons (Fsp3) is 0.857. The first-order valence-electron chi connectivity index (χ1n) is 3.73. The van der Waals surface area contributed by atoms with Crippen LogP contribution >= 0.6 is 24.0 Å². The summed E-state index contributed by atoms with van der Waals surface area (Å²) in [4.78, 5) is 0.550. The summed E-state index contributed by atoms with van der Waals surface area (Å²) in [6.07, 6.45) is 6.44. The van der Waals surface area contributed by atoms with E-state index in [4.69, 9.17) is 17.4 Å². The average Bonchev–Trinajstić information content (AvgIpc) is 2.04. The zero-order valence-corrected chi connectivity index (χ0v) is 8.43. The number of thioether (sulfide) groups is 1. The number of hydrogen-bond donors (Lipinski definition) is 2. The maximum atomic E-state index is 8.34. The minimum absolute atomic E-state index is 0.550. The summed E-state index contributed by atoms with van der Waals surface area (Å²) in [5, 5.41) is 8.34. The number of nitrogens with one attached hydrogen (secondary N) is 1. The Hall–Kier alpha value is 0.200. The third-order valence-corrected chi connectivity index (χ3v) is 2.37. The molecule has 0 radical (unpaired) electrons. The van der Waals surface area contributed by atoms with E-state index < -0.39 is 0 Å². The van der Waals surface area contributed by atoms with Crippen LogP contribution in [0.2, 0.25) is 0 Å². The van der Waals surface area contributed by atoms with Crippen molar-refractivity contribution in [1.82, 2.24) is 5.48 Å². The molecule has 0 amide bonds. The zero-order valence-electron chi connectivity index (χ0n) is 6.80. The van der Waals surface area contributed by atoms with Crippen molar-refractivity contribution in [2.45, 2.75) is 25.7 Å². The molecule has 0 aromatic heterocycles. The van der Waals surface area contributed by atoms with Gasteiger partial charge in [-0.15, -0.1) is 0 Å². The van der Waals surface area contributed by atoms with E-state index in [1.807, 2.05) is 17.2 Å². The van der Waals surface area contributed by atoms with Crippen molar-refractivity contribution < 1.29 is 5.21 Å². The van der Waals surface area contributed by atoms with Gasteiger partial charge in [0.05, 0.1) is 0 Å². The minimum atomic E-state index is 0.550. The normalized spacial score (nSPS) is 9.64. The van der Waals surface area contributed by atoms with Crippen molar-refractivity contribution in [3.05, 3.63) is 0 Å². The molecule has 0 rings (SSSR count). The predicted molar refractivity (Wildman–Crippen MR) is 54.4 cm³/mol. The number of hydroxylamine groups is 1. The summed E-state index contributed by atoms with van der Waals surface area (Å²) in [7, 11) is 0. The third-order valence-electron chi connectivity index (χ3n) is 1.38. The van der Waals surface area contributed by atoms with Crippen LogP contribution in [0.5, 0.6) is 0 Å². The molecule has 0 spiro atoms. The highest BCUT2D eigenvalue weighted by atomic mass is 32.2. The monoisotopic (exact) mass is 193 g/mol. The van der Waals surface area contributed by atoms with Crippen LogP contribution in [0, 0.1) is 0 Å². The Morgan fingerprint density at radius 1 is 1.45 bits per heavy atom. The van der Waals surface area contributed by atoms with Gasteiger partial charge in [0.25, 0.3) is 0 Å². The third kappa shape index (κ3) is 8.10. The Morgan fingerprint density at radius 2 is 2.18 bits per heavy atom. The molecular weight excluding hydrogens is 178 g/mol. The summed E-state index contributed by atoms with van der Waals surface area (Å²) in [6.45, 7) is 0. The van der Waals surface area contributed by atoms with Crippen LogP contribution in [0.25, 0.3) is 0 Å². The first-order chi connectivity index (χ1) is 5.31. The largest absolute Gasteiger partial charge is 0.291 e. The van der Waals surface area contributed by atoms with Gasteiger partial charge in [-0.3, -0.25) is 10.7 Å². The number of hydrogen-bond acceptors (Lipinski definition) is 3. The van der Waals surface area contributed by atoms with Gasteiger partial charge >= 0.3 is 0 Å². The Morgan fingerprint density at radius 3 is 2.73 bits per heavy atom. The summed E-state index contributed by atoms with van der Waals surface area (Å²) < 4.78 is 0. The van der Waals surface area contributed by atoms with E-state index in [1.165, 1.54) is 18.6 Å². The van der Waals surface area contributed by atoms with Crippen molar-refractivity contribution in [1.29, 1.82) is 0 Å². The lowest BCUT2D eigenvalue weighted by Crippen LogP contribution is -2.15. The Labute approximate surface area is 77.7 Å². The highest BCUT2D eigenvalue weighted by Crippen LogP contribution is 2.04. The van der Waals surface area contributed by atoms with Crippen molar-refractivity contribution in [3.8, 4) is 0 Å². The maximum absolute atomic E-state index is 8.34. The molecule has 11 heavy (non-hydrogen) atoms. The van der Waals surface area contributed by atoms with Crippen LogP contribution in [0.15, 0.2) is 0 Å². The molecule has 0 heterocycles. The molecular formula is C7H15NOS2. The first-order valence-corrected chi connectivity index (χ1v) is 5.53. The standard InChI is InChI=1S/C7H15NOS2/c1-11-6-4-2-3-5-7(10)8-9/h9H,2-6H2,1H3,(H,8,10). The molecule has 0 unspecified atom stereocenters. The molecule has 2 N–H and O–H groups in total. The van der Waals surface area contributed by atoms with Crippen LogP contribution in [0.3, 0.4) is 0 Å². The highest BCUT2D eigenvalue weighted by molar-refractivity contribution is 7.98. The smallest absolute Gasteiger partial charge is 0.100 e. The van der Waals surface area contributed by atoms with Crippen LogP contribution in [-0.4, -0.2) is 22.2 Å². The molecule has 0 aliphatic rings. The van der Waals surface area contributed by atoms with Gasteiger partial charge < -0.3 is 0 Å². The molecule has 4 heteroatoms. The van der Waals surface area contributed by atoms with Crippen LogP contribution < -0.4 is 5.48 Å². The van der Waals surface area contributed by atoms with Gasteiger partial charge in [-0.25, -0.2) is 0 Å².